The Balaban J connectivity index is 1.92. The van der Waals surface area contributed by atoms with Crippen molar-refractivity contribution in [2.24, 2.45) is 10.9 Å². The Morgan fingerprint density at radius 2 is 1.93 bits per heavy atom. The molecule has 0 spiro atoms. The number of aliphatic imine (C=N–C) groups is 1. The summed E-state index contributed by atoms with van der Waals surface area (Å²) in [6.45, 7) is 6.89. The van der Waals surface area contributed by atoms with E-state index in [1.54, 1.807) is 7.05 Å². The van der Waals surface area contributed by atoms with Crippen LogP contribution in [0.25, 0.3) is 0 Å². The van der Waals surface area contributed by atoms with Gasteiger partial charge in [0.1, 0.15) is 0 Å². The topological polar surface area (TPSA) is 56.7 Å². The standard InChI is InChI=1S/C20H30Cl2N4O/c1-20(2,15-5-6-16(21)17(22)12-15)13-25-19(24-4)26-9-7-14(8-10-26)11-18(27)23-3/h5-6,12,14H,7-11,13H2,1-4H3,(H,23,27)(H,24,25). The zero-order chi connectivity index (χ0) is 20.0. The van der Waals surface area contributed by atoms with Gasteiger partial charge >= 0.3 is 0 Å². The van der Waals surface area contributed by atoms with Gasteiger partial charge in [0.2, 0.25) is 5.91 Å². The lowest BCUT2D eigenvalue weighted by molar-refractivity contribution is -0.121. The van der Waals surface area contributed by atoms with Crippen LogP contribution < -0.4 is 10.6 Å². The predicted octanol–water partition coefficient (Wildman–Crippen LogP) is 3.69. The van der Waals surface area contributed by atoms with E-state index in [2.05, 4.69) is 34.4 Å². The van der Waals surface area contributed by atoms with Crippen LogP contribution in [0.5, 0.6) is 0 Å². The van der Waals surface area contributed by atoms with Crippen molar-refractivity contribution in [2.45, 2.75) is 38.5 Å². The molecule has 150 valence electrons. The molecule has 0 radical (unpaired) electrons. The van der Waals surface area contributed by atoms with Crippen LogP contribution in [0.15, 0.2) is 23.2 Å². The minimum Gasteiger partial charge on any atom is -0.359 e. The van der Waals surface area contributed by atoms with E-state index in [0.717, 1.165) is 44.0 Å². The average molecular weight is 413 g/mol. The van der Waals surface area contributed by atoms with Crippen LogP contribution >= 0.6 is 23.2 Å². The highest BCUT2D eigenvalue weighted by molar-refractivity contribution is 6.42. The molecule has 2 N–H and O–H groups in total. The van der Waals surface area contributed by atoms with Crippen LogP contribution in [0, 0.1) is 5.92 Å². The zero-order valence-electron chi connectivity index (χ0n) is 16.6. The summed E-state index contributed by atoms with van der Waals surface area (Å²) in [5, 5.41) is 7.35. The maximum absolute atomic E-state index is 11.6. The summed E-state index contributed by atoms with van der Waals surface area (Å²) in [5.74, 6) is 1.48. The van der Waals surface area contributed by atoms with Crippen molar-refractivity contribution < 1.29 is 4.79 Å². The third-order valence-corrected chi connectivity index (χ3v) is 6.01. The summed E-state index contributed by atoms with van der Waals surface area (Å²) in [4.78, 5) is 18.3. The first kappa shape index (κ1) is 21.8. The summed E-state index contributed by atoms with van der Waals surface area (Å²) in [6.07, 6.45) is 2.62. The number of hydrogen-bond donors (Lipinski definition) is 2. The first-order valence-electron chi connectivity index (χ1n) is 9.38. The van der Waals surface area contributed by atoms with Crippen molar-refractivity contribution in [3.63, 3.8) is 0 Å². The fraction of sp³-hybridized carbons (Fsp3) is 0.600. The molecule has 7 heteroatoms. The Labute approximate surface area is 172 Å². The smallest absolute Gasteiger partial charge is 0.220 e. The molecule has 27 heavy (non-hydrogen) atoms. The van der Waals surface area contributed by atoms with E-state index >= 15 is 0 Å². The molecule has 1 fully saturated rings. The van der Waals surface area contributed by atoms with Crippen molar-refractivity contribution >= 4 is 35.1 Å². The Morgan fingerprint density at radius 3 is 2.48 bits per heavy atom. The number of guanidine groups is 1. The normalized spacial score (nSPS) is 16.4. The molecule has 2 rings (SSSR count). The first-order chi connectivity index (χ1) is 12.8. The Morgan fingerprint density at radius 1 is 1.26 bits per heavy atom. The molecule has 1 amide bonds. The van der Waals surface area contributed by atoms with E-state index in [0.29, 0.717) is 22.4 Å². The van der Waals surface area contributed by atoms with E-state index in [4.69, 9.17) is 23.2 Å². The van der Waals surface area contributed by atoms with Gasteiger partial charge in [0, 0.05) is 45.6 Å². The molecular weight excluding hydrogens is 383 g/mol. The third kappa shape index (κ3) is 6.01. The molecule has 1 aliphatic heterocycles. The second kappa shape index (κ2) is 9.65. The molecule has 1 aromatic carbocycles. The van der Waals surface area contributed by atoms with Gasteiger partial charge in [0.05, 0.1) is 10.0 Å². The van der Waals surface area contributed by atoms with Crippen LogP contribution in [0.4, 0.5) is 0 Å². The minimum absolute atomic E-state index is 0.123. The van der Waals surface area contributed by atoms with E-state index < -0.39 is 0 Å². The summed E-state index contributed by atoms with van der Waals surface area (Å²) in [7, 11) is 3.50. The van der Waals surface area contributed by atoms with Crippen molar-refractivity contribution in [1.82, 2.24) is 15.5 Å². The predicted molar refractivity (Wildman–Crippen MR) is 114 cm³/mol. The Hall–Kier alpha value is -1.46. The molecule has 0 saturated carbocycles. The molecule has 1 saturated heterocycles. The third-order valence-electron chi connectivity index (χ3n) is 5.27. The number of rotatable bonds is 5. The fourth-order valence-corrected chi connectivity index (χ4v) is 3.66. The molecule has 0 atom stereocenters. The summed E-state index contributed by atoms with van der Waals surface area (Å²) < 4.78 is 0. The summed E-state index contributed by atoms with van der Waals surface area (Å²) >= 11 is 12.2. The highest BCUT2D eigenvalue weighted by Gasteiger charge is 2.26. The summed E-state index contributed by atoms with van der Waals surface area (Å²) in [5.41, 5.74) is 1.01. The number of hydrogen-bond acceptors (Lipinski definition) is 2. The van der Waals surface area contributed by atoms with Gasteiger partial charge in [0.25, 0.3) is 0 Å². The van der Waals surface area contributed by atoms with E-state index in [1.165, 1.54) is 0 Å². The molecule has 1 aromatic rings. The highest BCUT2D eigenvalue weighted by Crippen LogP contribution is 2.29. The lowest BCUT2D eigenvalue weighted by Gasteiger charge is -2.35. The van der Waals surface area contributed by atoms with Crippen molar-refractivity contribution in [3.05, 3.63) is 33.8 Å². The first-order valence-corrected chi connectivity index (χ1v) is 10.1. The molecule has 1 heterocycles. The van der Waals surface area contributed by atoms with Crippen LogP contribution in [0.3, 0.4) is 0 Å². The molecule has 0 aliphatic carbocycles. The average Bonchev–Trinajstić information content (AvgIpc) is 2.65. The molecular formula is C20H30Cl2N4O. The minimum atomic E-state index is -0.123. The van der Waals surface area contributed by atoms with Gasteiger partial charge in [-0.05, 0) is 36.5 Å². The summed E-state index contributed by atoms with van der Waals surface area (Å²) in [6, 6.07) is 5.79. The molecule has 5 nitrogen and oxygen atoms in total. The molecule has 1 aliphatic rings. The molecule has 0 unspecified atom stereocenters. The van der Waals surface area contributed by atoms with Gasteiger partial charge in [-0.15, -0.1) is 0 Å². The lowest BCUT2D eigenvalue weighted by atomic mass is 9.84. The number of likely N-dealkylation sites (tertiary alicyclic amines) is 1. The number of nitrogens with zero attached hydrogens (tertiary/aromatic N) is 2. The molecule has 0 bridgehead atoms. The lowest BCUT2D eigenvalue weighted by Crippen LogP contribution is -2.48. The number of carbonyl (C=O) groups is 1. The maximum Gasteiger partial charge on any atom is 0.220 e. The van der Waals surface area contributed by atoms with Gasteiger partial charge in [-0.1, -0.05) is 43.1 Å². The van der Waals surface area contributed by atoms with Crippen LogP contribution in [-0.4, -0.2) is 50.5 Å². The van der Waals surface area contributed by atoms with Crippen molar-refractivity contribution in [3.8, 4) is 0 Å². The van der Waals surface area contributed by atoms with E-state index in [9.17, 15) is 4.79 Å². The number of benzene rings is 1. The Bertz CT molecular complexity index is 683. The molecule has 0 aromatic heterocycles. The maximum atomic E-state index is 11.6. The SMILES string of the molecule is CN=C(NCC(C)(C)c1ccc(Cl)c(Cl)c1)N1CCC(CC(=O)NC)CC1. The van der Waals surface area contributed by atoms with Gasteiger partial charge in [-0.25, -0.2) is 0 Å². The number of halogens is 2. The number of amides is 1. The fourth-order valence-electron chi connectivity index (χ4n) is 3.36. The van der Waals surface area contributed by atoms with Gasteiger partial charge in [-0.2, -0.15) is 0 Å². The number of piperidine rings is 1. The van der Waals surface area contributed by atoms with Gasteiger partial charge < -0.3 is 15.5 Å². The Kier molecular flexibility index (Phi) is 7.80. The monoisotopic (exact) mass is 412 g/mol. The van der Waals surface area contributed by atoms with Gasteiger partial charge in [0.15, 0.2) is 5.96 Å². The second-order valence-electron chi connectivity index (χ2n) is 7.72. The van der Waals surface area contributed by atoms with Crippen molar-refractivity contribution in [2.75, 3.05) is 33.7 Å². The van der Waals surface area contributed by atoms with Crippen LogP contribution in [0.2, 0.25) is 10.0 Å². The quantitative estimate of drug-likeness (QED) is 0.572. The number of carbonyl (C=O) groups excluding carboxylic acids is 1. The van der Waals surface area contributed by atoms with E-state index in [-0.39, 0.29) is 11.3 Å². The largest absolute Gasteiger partial charge is 0.359 e. The second-order valence-corrected chi connectivity index (χ2v) is 8.54. The van der Waals surface area contributed by atoms with Crippen LogP contribution in [-0.2, 0) is 10.2 Å². The van der Waals surface area contributed by atoms with Gasteiger partial charge in [-0.3, -0.25) is 9.79 Å². The van der Waals surface area contributed by atoms with Crippen molar-refractivity contribution in [1.29, 1.82) is 0 Å². The van der Waals surface area contributed by atoms with E-state index in [1.807, 2.05) is 25.2 Å². The number of nitrogens with one attached hydrogen (secondary N) is 2. The highest BCUT2D eigenvalue weighted by atomic mass is 35.5. The zero-order valence-corrected chi connectivity index (χ0v) is 18.1. The van der Waals surface area contributed by atoms with Crippen LogP contribution in [0.1, 0.15) is 38.7 Å².